The van der Waals surface area contributed by atoms with Gasteiger partial charge < -0.3 is 15.4 Å². The number of carbonyl (C=O) groups excluding carboxylic acids is 1. The molecule has 102 valence electrons. The molecule has 0 bridgehead atoms. The highest BCUT2D eigenvalue weighted by atomic mass is 32.1. The fourth-order valence-electron chi connectivity index (χ4n) is 2.16. The molecule has 3 rings (SSSR count). The number of anilines is 1. The van der Waals surface area contributed by atoms with E-state index in [4.69, 9.17) is 15.7 Å². The van der Waals surface area contributed by atoms with Gasteiger partial charge in [-0.2, -0.15) is 5.26 Å². The Morgan fingerprint density at radius 3 is 3.25 bits per heavy atom. The van der Waals surface area contributed by atoms with E-state index in [-0.39, 0.29) is 12.5 Å². The third-order valence-corrected chi connectivity index (χ3v) is 4.32. The van der Waals surface area contributed by atoms with E-state index in [9.17, 15) is 4.79 Å². The molecule has 1 aliphatic heterocycles. The molecule has 7 heteroatoms. The van der Waals surface area contributed by atoms with Crippen LogP contribution in [0.1, 0.15) is 9.67 Å². The first-order valence-corrected chi connectivity index (χ1v) is 6.96. The minimum atomic E-state index is -0.568. The number of pyridine rings is 1. The fraction of sp³-hybridized carbons (Fsp3) is 0.308. The predicted octanol–water partition coefficient (Wildman–Crippen LogP) is 1.24. The molecule has 2 aromatic heterocycles. The van der Waals surface area contributed by atoms with Gasteiger partial charge in [0, 0.05) is 12.7 Å². The van der Waals surface area contributed by atoms with Crippen molar-refractivity contribution in [3.63, 3.8) is 0 Å². The summed E-state index contributed by atoms with van der Waals surface area (Å²) in [6.07, 6.45) is 1.08. The zero-order valence-electron chi connectivity index (χ0n) is 10.6. The standard InChI is InChI=1S/C13H12N4O2S/c14-6-8-7-17(4-5-19-8)13(18)12-10(15)11-9(20-12)2-1-3-16-11/h1-3,8H,4-5,7,15H2. The zero-order chi connectivity index (χ0) is 14.1. The van der Waals surface area contributed by atoms with Crippen LogP contribution >= 0.6 is 11.3 Å². The molecule has 1 saturated heterocycles. The van der Waals surface area contributed by atoms with E-state index >= 15 is 0 Å². The molecule has 0 radical (unpaired) electrons. The SMILES string of the molecule is N#CC1CN(C(=O)c2sc3cccnc3c2N)CCO1. The van der Waals surface area contributed by atoms with Crippen LogP contribution in [-0.2, 0) is 4.74 Å². The average molecular weight is 288 g/mol. The Labute approximate surface area is 119 Å². The summed E-state index contributed by atoms with van der Waals surface area (Å²) >= 11 is 1.33. The molecule has 1 aliphatic rings. The van der Waals surface area contributed by atoms with Gasteiger partial charge in [0.1, 0.15) is 10.4 Å². The summed E-state index contributed by atoms with van der Waals surface area (Å²) in [6.45, 7) is 1.11. The molecule has 2 N–H and O–H groups in total. The van der Waals surface area contributed by atoms with Crippen LogP contribution in [0.4, 0.5) is 5.69 Å². The second kappa shape index (κ2) is 5.07. The van der Waals surface area contributed by atoms with Gasteiger partial charge in [-0.15, -0.1) is 11.3 Å². The van der Waals surface area contributed by atoms with E-state index in [0.717, 1.165) is 4.70 Å². The number of aromatic nitrogens is 1. The monoisotopic (exact) mass is 288 g/mol. The van der Waals surface area contributed by atoms with Gasteiger partial charge in [-0.05, 0) is 12.1 Å². The number of hydrogen-bond acceptors (Lipinski definition) is 6. The smallest absolute Gasteiger partial charge is 0.266 e. The highest BCUT2D eigenvalue weighted by molar-refractivity contribution is 7.21. The van der Waals surface area contributed by atoms with E-state index in [1.165, 1.54) is 11.3 Å². The summed E-state index contributed by atoms with van der Waals surface area (Å²) < 4.78 is 6.12. The first-order chi connectivity index (χ1) is 9.70. The van der Waals surface area contributed by atoms with E-state index < -0.39 is 6.10 Å². The molecular formula is C13H12N4O2S. The topological polar surface area (TPSA) is 92.2 Å². The molecule has 0 spiro atoms. The minimum Gasteiger partial charge on any atom is -0.396 e. The zero-order valence-corrected chi connectivity index (χ0v) is 11.4. The van der Waals surface area contributed by atoms with Crippen molar-refractivity contribution in [2.75, 3.05) is 25.4 Å². The summed E-state index contributed by atoms with van der Waals surface area (Å²) in [7, 11) is 0. The highest BCUT2D eigenvalue weighted by Crippen LogP contribution is 2.33. The van der Waals surface area contributed by atoms with Crippen LogP contribution in [-0.4, -0.2) is 41.6 Å². The number of ether oxygens (including phenoxy) is 1. The molecule has 20 heavy (non-hydrogen) atoms. The molecule has 0 aliphatic carbocycles. The first-order valence-electron chi connectivity index (χ1n) is 6.14. The molecule has 3 heterocycles. The number of carbonyl (C=O) groups is 1. The molecular weight excluding hydrogens is 276 g/mol. The van der Waals surface area contributed by atoms with Crippen LogP contribution < -0.4 is 5.73 Å². The Morgan fingerprint density at radius 2 is 2.50 bits per heavy atom. The van der Waals surface area contributed by atoms with Crippen LogP contribution in [0.2, 0.25) is 0 Å². The number of nitrogen functional groups attached to an aromatic ring is 1. The van der Waals surface area contributed by atoms with E-state index in [0.29, 0.717) is 29.2 Å². The Balaban J connectivity index is 1.93. The van der Waals surface area contributed by atoms with Crippen molar-refractivity contribution in [3.8, 4) is 6.07 Å². The lowest BCUT2D eigenvalue weighted by molar-refractivity contribution is 0.00374. The molecule has 0 saturated carbocycles. The lowest BCUT2D eigenvalue weighted by Crippen LogP contribution is -2.45. The van der Waals surface area contributed by atoms with Gasteiger partial charge >= 0.3 is 0 Å². The number of nitrogens with two attached hydrogens (primary N) is 1. The van der Waals surface area contributed by atoms with Crippen molar-refractivity contribution in [1.82, 2.24) is 9.88 Å². The van der Waals surface area contributed by atoms with Crippen molar-refractivity contribution >= 4 is 33.1 Å². The molecule has 0 aromatic carbocycles. The maximum atomic E-state index is 12.5. The van der Waals surface area contributed by atoms with Gasteiger partial charge in [-0.1, -0.05) is 0 Å². The Bertz CT molecular complexity index is 706. The number of fused-ring (bicyclic) bond motifs is 1. The lowest BCUT2D eigenvalue weighted by atomic mass is 10.2. The van der Waals surface area contributed by atoms with Gasteiger partial charge in [0.25, 0.3) is 5.91 Å². The van der Waals surface area contributed by atoms with E-state index in [2.05, 4.69) is 4.98 Å². The number of nitriles is 1. The van der Waals surface area contributed by atoms with Gasteiger partial charge in [-0.3, -0.25) is 9.78 Å². The molecule has 2 aromatic rings. The maximum Gasteiger partial charge on any atom is 0.266 e. The number of thiophene rings is 1. The highest BCUT2D eigenvalue weighted by Gasteiger charge is 2.27. The number of amides is 1. The Morgan fingerprint density at radius 1 is 1.65 bits per heavy atom. The first kappa shape index (κ1) is 12.8. The van der Waals surface area contributed by atoms with Crippen molar-refractivity contribution in [1.29, 1.82) is 5.26 Å². The number of rotatable bonds is 1. The minimum absolute atomic E-state index is 0.158. The van der Waals surface area contributed by atoms with Gasteiger partial charge in [0.15, 0.2) is 6.10 Å². The number of nitrogens with zero attached hydrogens (tertiary/aromatic N) is 3. The normalized spacial score (nSPS) is 18.9. The van der Waals surface area contributed by atoms with Gasteiger partial charge in [0.05, 0.1) is 29.6 Å². The molecule has 1 unspecified atom stereocenters. The molecule has 6 nitrogen and oxygen atoms in total. The molecule has 1 fully saturated rings. The van der Waals surface area contributed by atoms with Gasteiger partial charge in [0.2, 0.25) is 0 Å². The largest absolute Gasteiger partial charge is 0.396 e. The second-order valence-electron chi connectivity index (χ2n) is 4.43. The summed E-state index contributed by atoms with van der Waals surface area (Å²) in [4.78, 5) is 18.8. The lowest BCUT2D eigenvalue weighted by Gasteiger charge is -2.29. The van der Waals surface area contributed by atoms with Crippen molar-refractivity contribution < 1.29 is 9.53 Å². The summed E-state index contributed by atoms with van der Waals surface area (Å²) in [6, 6.07) is 5.72. The Hall–Kier alpha value is -2.17. The van der Waals surface area contributed by atoms with Crippen molar-refractivity contribution in [2.45, 2.75) is 6.10 Å². The third-order valence-electron chi connectivity index (χ3n) is 3.17. The maximum absolute atomic E-state index is 12.5. The van der Waals surface area contributed by atoms with Crippen LogP contribution in [0.25, 0.3) is 10.2 Å². The number of morpholine rings is 1. The summed E-state index contributed by atoms with van der Waals surface area (Å²) in [5.74, 6) is -0.158. The third kappa shape index (κ3) is 2.09. The summed E-state index contributed by atoms with van der Waals surface area (Å²) in [5.41, 5.74) is 7.09. The second-order valence-corrected chi connectivity index (χ2v) is 5.49. The molecule has 1 amide bonds. The van der Waals surface area contributed by atoms with Crippen LogP contribution in [0.3, 0.4) is 0 Å². The van der Waals surface area contributed by atoms with E-state index in [1.54, 1.807) is 11.1 Å². The summed E-state index contributed by atoms with van der Waals surface area (Å²) in [5, 5.41) is 8.89. The Kier molecular flexibility index (Phi) is 3.26. The van der Waals surface area contributed by atoms with Crippen LogP contribution in [0.15, 0.2) is 18.3 Å². The molecule has 1 atom stereocenters. The van der Waals surface area contributed by atoms with Crippen molar-refractivity contribution in [3.05, 3.63) is 23.2 Å². The van der Waals surface area contributed by atoms with Crippen LogP contribution in [0, 0.1) is 11.3 Å². The van der Waals surface area contributed by atoms with Crippen LogP contribution in [0.5, 0.6) is 0 Å². The van der Waals surface area contributed by atoms with Gasteiger partial charge in [-0.25, -0.2) is 0 Å². The fourth-order valence-corrected chi connectivity index (χ4v) is 3.21. The van der Waals surface area contributed by atoms with E-state index in [1.807, 2.05) is 18.2 Å². The number of hydrogen-bond donors (Lipinski definition) is 1. The van der Waals surface area contributed by atoms with Crippen molar-refractivity contribution in [2.24, 2.45) is 0 Å². The quantitative estimate of drug-likeness (QED) is 0.852. The predicted molar refractivity (Wildman–Crippen MR) is 75.3 cm³/mol. The average Bonchev–Trinajstić information content (AvgIpc) is 2.84.